The number of fused-ring (bicyclic) bond motifs is 1. The fraction of sp³-hybridized carbons (Fsp3) is 0.550. The van der Waals surface area contributed by atoms with E-state index in [0.717, 1.165) is 22.3 Å². The molecule has 0 radical (unpaired) electrons. The molecule has 0 amide bonds. The molecule has 0 aliphatic heterocycles. The van der Waals surface area contributed by atoms with Gasteiger partial charge in [0.1, 0.15) is 5.75 Å². The number of hydrogen-bond donors (Lipinski definition) is 1. The van der Waals surface area contributed by atoms with E-state index in [1.54, 1.807) is 7.11 Å². The molecule has 1 N–H and O–H groups in total. The Labute approximate surface area is 154 Å². The van der Waals surface area contributed by atoms with Crippen molar-refractivity contribution in [3.63, 3.8) is 0 Å². The molecule has 0 fully saturated rings. The van der Waals surface area contributed by atoms with Crippen molar-refractivity contribution in [1.29, 1.82) is 0 Å². The van der Waals surface area contributed by atoms with Crippen LogP contribution in [0.15, 0.2) is 23.1 Å². The topological polar surface area (TPSA) is 51.3 Å². The Bertz CT molecular complexity index is 756. The molecule has 2 rings (SSSR count). The minimum absolute atomic E-state index is 0.0673. The number of H-pyrrole nitrogens is 1. The number of rotatable bonds is 6. The Morgan fingerprint density at radius 2 is 1.88 bits per heavy atom. The maximum atomic E-state index is 12.3. The molecule has 1 aromatic carbocycles. The zero-order valence-electron chi connectivity index (χ0n) is 16.3. The van der Waals surface area contributed by atoms with Gasteiger partial charge in [0, 0.05) is 33.2 Å². The summed E-state index contributed by atoms with van der Waals surface area (Å²) >= 11 is 1.82. The quantitative estimate of drug-likeness (QED) is 0.566. The van der Waals surface area contributed by atoms with Crippen molar-refractivity contribution in [3.05, 3.63) is 23.9 Å². The third-order valence-corrected chi connectivity index (χ3v) is 5.17. The van der Waals surface area contributed by atoms with Gasteiger partial charge >= 0.3 is 5.97 Å². The molecule has 0 unspecified atom stereocenters. The first-order valence-corrected chi connectivity index (χ1v) is 9.44. The van der Waals surface area contributed by atoms with Crippen LogP contribution in [0.25, 0.3) is 10.9 Å². The predicted octanol–water partition coefficient (Wildman–Crippen LogP) is 5.20. The Morgan fingerprint density at radius 3 is 2.44 bits per heavy atom. The zero-order valence-corrected chi connectivity index (χ0v) is 17.1. The molecule has 5 heteroatoms. The number of methoxy groups -OCH3 is 1. The van der Waals surface area contributed by atoms with Crippen LogP contribution in [0, 0.1) is 5.41 Å². The van der Waals surface area contributed by atoms with Gasteiger partial charge in [-0.3, -0.25) is 4.79 Å². The number of ether oxygens (including phenoxy) is 2. The van der Waals surface area contributed by atoms with Gasteiger partial charge in [0.15, 0.2) is 0 Å². The van der Waals surface area contributed by atoms with Crippen molar-refractivity contribution in [3.8, 4) is 5.75 Å². The summed E-state index contributed by atoms with van der Waals surface area (Å²) in [5, 5.41) is 1.16. The monoisotopic (exact) mass is 363 g/mol. The minimum Gasteiger partial charge on any atom is -0.497 e. The highest BCUT2D eigenvalue weighted by Gasteiger charge is 2.32. The van der Waals surface area contributed by atoms with Crippen LogP contribution in [0.2, 0.25) is 0 Å². The fourth-order valence-electron chi connectivity index (χ4n) is 2.72. The number of benzene rings is 1. The minimum atomic E-state index is -0.589. The molecular weight excluding hydrogens is 334 g/mol. The highest BCUT2D eigenvalue weighted by molar-refractivity contribution is 8.00. The summed E-state index contributed by atoms with van der Waals surface area (Å²) in [4.78, 5) is 17.0. The molecule has 2 aromatic rings. The number of aromatic amines is 1. The maximum absolute atomic E-state index is 12.3. The number of nitrogens with one attached hydrogen (secondary N) is 1. The van der Waals surface area contributed by atoms with Gasteiger partial charge in [0.05, 0.1) is 24.6 Å². The van der Waals surface area contributed by atoms with Crippen molar-refractivity contribution in [2.45, 2.75) is 57.6 Å². The Hall–Kier alpha value is -1.62. The molecule has 0 saturated heterocycles. The smallest absolute Gasteiger partial charge is 0.311 e. The molecule has 1 heterocycles. The summed E-state index contributed by atoms with van der Waals surface area (Å²) in [6.45, 7) is 12.7. The van der Waals surface area contributed by atoms with E-state index in [9.17, 15) is 4.79 Å². The van der Waals surface area contributed by atoms with Crippen molar-refractivity contribution in [2.75, 3.05) is 13.7 Å². The normalized spacial score (nSPS) is 12.4. The summed E-state index contributed by atoms with van der Waals surface area (Å²) in [7, 11) is 1.67. The van der Waals surface area contributed by atoms with Gasteiger partial charge in [-0.05, 0) is 32.9 Å². The largest absolute Gasteiger partial charge is 0.497 e. The van der Waals surface area contributed by atoms with Crippen LogP contribution in [0.3, 0.4) is 0 Å². The fourth-order valence-corrected chi connectivity index (χ4v) is 3.87. The molecule has 0 atom stereocenters. The van der Waals surface area contributed by atoms with Gasteiger partial charge in [-0.25, -0.2) is 0 Å². The molecule has 0 aliphatic rings. The SMILES string of the molecule is CCOC(=O)C(C)(C)Cc1[nH]c2cc(OC)ccc2c1SC(C)(C)C. The van der Waals surface area contributed by atoms with E-state index >= 15 is 0 Å². The first kappa shape index (κ1) is 19.7. The van der Waals surface area contributed by atoms with E-state index < -0.39 is 5.41 Å². The molecule has 4 nitrogen and oxygen atoms in total. The summed E-state index contributed by atoms with van der Waals surface area (Å²) in [5.74, 6) is 0.648. The lowest BCUT2D eigenvalue weighted by atomic mass is 9.88. The van der Waals surface area contributed by atoms with E-state index in [1.807, 2.05) is 44.7 Å². The van der Waals surface area contributed by atoms with Gasteiger partial charge in [-0.15, -0.1) is 11.8 Å². The van der Waals surface area contributed by atoms with Crippen LogP contribution in [0.1, 0.15) is 47.2 Å². The van der Waals surface area contributed by atoms with Crippen molar-refractivity contribution in [1.82, 2.24) is 4.98 Å². The van der Waals surface area contributed by atoms with Gasteiger partial charge < -0.3 is 14.5 Å². The van der Waals surface area contributed by atoms with Crippen LogP contribution in [-0.2, 0) is 16.0 Å². The number of thioether (sulfide) groups is 1. The summed E-state index contributed by atoms with van der Waals surface area (Å²) in [6, 6.07) is 6.06. The average molecular weight is 364 g/mol. The van der Waals surface area contributed by atoms with Gasteiger partial charge in [-0.1, -0.05) is 20.8 Å². The molecule has 138 valence electrons. The molecule has 1 aromatic heterocycles. The second-order valence-electron chi connectivity index (χ2n) is 7.84. The number of hydrogen-bond acceptors (Lipinski definition) is 4. The van der Waals surface area contributed by atoms with E-state index in [-0.39, 0.29) is 10.7 Å². The first-order chi connectivity index (χ1) is 11.6. The van der Waals surface area contributed by atoms with E-state index in [2.05, 4.69) is 31.8 Å². The molecule has 0 aliphatic carbocycles. The van der Waals surface area contributed by atoms with E-state index in [1.165, 1.54) is 4.90 Å². The molecule has 0 spiro atoms. The summed E-state index contributed by atoms with van der Waals surface area (Å²) < 4.78 is 10.7. The van der Waals surface area contributed by atoms with Crippen LogP contribution < -0.4 is 4.74 Å². The second-order valence-corrected chi connectivity index (χ2v) is 9.68. The average Bonchev–Trinajstić information content (AvgIpc) is 2.81. The highest BCUT2D eigenvalue weighted by Crippen LogP contribution is 2.42. The number of aromatic nitrogens is 1. The number of carbonyl (C=O) groups is 1. The molecular formula is C20H29NO3S. The van der Waals surface area contributed by atoms with Crippen LogP contribution in [0.5, 0.6) is 5.75 Å². The molecule has 25 heavy (non-hydrogen) atoms. The number of esters is 1. The molecule has 0 saturated carbocycles. The maximum Gasteiger partial charge on any atom is 0.311 e. The van der Waals surface area contributed by atoms with Crippen molar-refractivity contribution >= 4 is 28.6 Å². The van der Waals surface area contributed by atoms with Crippen molar-refractivity contribution < 1.29 is 14.3 Å². The predicted molar refractivity (Wildman–Crippen MR) is 105 cm³/mol. The van der Waals surface area contributed by atoms with E-state index in [4.69, 9.17) is 9.47 Å². The lowest BCUT2D eigenvalue weighted by Crippen LogP contribution is -2.29. The third-order valence-electron chi connectivity index (χ3n) is 3.89. The third kappa shape index (κ3) is 4.72. The zero-order chi connectivity index (χ0) is 18.8. The molecule has 0 bridgehead atoms. The Morgan fingerprint density at radius 1 is 1.20 bits per heavy atom. The Kier molecular flexibility index (Phi) is 5.77. The summed E-state index contributed by atoms with van der Waals surface area (Å²) in [6.07, 6.45) is 0.598. The number of carbonyl (C=O) groups excluding carboxylic acids is 1. The van der Waals surface area contributed by atoms with Crippen LogP contribution in [-0.4, -0.2) is 29.4 Å². The standard InChI is InChI=1S/C20H29NO3S/c1-8-24-18(22)20(5,6)12-16-17(25-19(2,3)4)14-10-9-13(23-7)11-15(14)21-16/h9-11,21H,8,12H2,1-7H3. The second kappa shape index (κ2) is 7.32. The lowest BCUT2D eigenvalue weighted by Gasteiger charge is -2.24. The van der Waals surface area contributed by atoms with Crippen LogP contribution >= 0.6 is 11.8 Å². The lowest BCUT2D eigenvalue weighted by molar-refractivity contribution is -0.153. The van der Waals surface area contributed by atoms with Gasteiger partial charge in [-0.2, -0.15) is 0 Å². The van der Waals surface area contributed by atoms with Crippen molar-refractivity contribution in [2.24, 2.45) is 5.41 Å². The summed E-state index contributed by atoms with van der Waals surface area (Å²) in [5.41, 5.74) is 1.51. The first-order valence-electron chi connectivity index (χ1n) is 8.62. The highest BCUT2D eigenvalue weighted by atomic mass is 32.2. The Balaban J connectivity index is 2.49. The van der Waals surface area contributed by atoms with Gasteiger partial charge in [0.25, 0.3) is 0 Å². The van der Waals surface area contributed by atoms with Crippen LogP contribution in [0.4, 0.5) is 0 Å². The van der Waals surface area contributed by atoms with E-state index in [0.29, 0.717) is 13.0 Å². The van der Waals surface area contributed by atoms with Gasteiger partial charge in [0.2, 0.25) is 0 Å².